The van der Waals surface area contributed by atoms with Gasteiger partial charge in [-0.05, 0) is 94.2 Å². The first-order chi connectivity index (χ1) is 20.4. The average Bonchev–Trinajstić information content (AvgIpc) is 2.94. The molecule has 0 bridgehead atoms. The number of benzene rings is 2. The van der Waals surface area contributed by atoms with Gasteiger partial charge in [0, 0.05) is 35.6 Å². The van der Waals surface area contributed by atoms with E-state index >= 15 is 0 Å². The predicted molar refractivity (Wildman–Crippen MR) is 164 cm³/mol. The highest BCUT2D eigenvalue weighted by Crippen LogP contribution is 2.43. The van der Waals surface area contributed by atoms with Gasteiger partial charge in [-0.1, -0.05) is 26.0 Å². The lowest BCUT2D eigenvalue weighted by atomic mass is 9.82. The smallest absolute Gasteiger partial charge is 0.310 e. The van der Waals surface area contributed by atoms with E-state index in [-0.39, 0.29) is 42.4 Å². The first-order valence-electron chi connectivity index (χ1n) is 15.2. The Hall–Kier alpha value is -3.68. The van der Waals surface area contributed by atoms with Gasteiger partial charge in [0.2, 0.25) is 5.82 Å². The molecular formula is C35H42F2N2O4. The quantitative estimate of drug-likeness (QED) is 0.252. The molecule has 1 saturated heterocycles. The largest absolute Gasteiger partial charge is 0.487 e. The van der Waals surface area contributed by atoms with Crippen LogP contribution < -0.4 is 14.4 Å². The summed E-state index contributed by atoms with van der Waals surface area (Å²) in [4.78, 5) is 20.3. The van der Waals surface area contributed by atoms with Crippen LogP contribution in [-0.4, -0.2) is 42.9 Å². The number of aromatic nitrogens is 1. The van der Waals surface area contributed by atoms with Crippen molar-refractivity contribution in [2.75, 3.05) is 24.6 Å². The van der Waals surface area contributed by atoms with Crippen LogP contribution >= 0.6 is 0 Å². The lowest BCUT2D eigenvalue weighted by molar-refractivity contribution is -0.146. The number of anilines is 1. The number of carbonyl (C=O) groups excluding carboxylic acids is 1. The molecule has 0 N–H and O–H groups in total. The van der Waals surface area contributed by atoms with Crippen LogP contribution in [0.5, 0.6) is 11.5 Å². The second kappa shape index (κ2) is 12.5. The van der Waals surface area contributed by atoms with Gasteiger partial charge in [-0.15, -0.1) is 0 Å². The Bertz CT molecular complexity index is 1490. The summed E-state index contributed by atoms with van der Waals surface area (Å²) in [6.07, 6.45) is 3.25. The summed E-state index contributed by atoms with van der Waals surface area (Å²) in [5.74, 6) is -1.54. The molecule has 5 rings (SSSR count). The molecule has 0 aliphatic carbocycles. The Morgan fingerprint density at radius 1 is 1.12 bits per heavy atom. The van der Waals surface area contributed by atoms with E-state index in [0.717, 1.165) is 83.5 Å². The number of piperidine rings is 1. The van der Waals surface area contributed by atoms with Crippen LogP contribution in [0.4, 0.5) is 14.5 Å². The Balaban J connectivity index is 1.45. The summed E-state index contributed by atoms with van der Waals surface area (Å²) < 4.78 is 45.0. The van der Waals surface area contributed by atoms with E-state index in [1.54, 1.807) is 0 Å². The molecule has 3 heterocycles. The van der Waals surface area contributed by atoms with Crippen molar-refractivity contribution in [2.45, 2.75) is 85.9 Å². The van der Waals surface area contributed by atoms with Crippen molar-refractivity contribution in [3.8, 4) is 22.6 Å². The Morgan fingerprint density at radius 2 is 1.86 bits per heavy atom. The van der Waals surface area contributed by atoms with Gasteiger partial charge in [0.15, 0.2) is 11.6 Å². The fourth-order valence-electron chi connectivity index (χ4n) is 6.06. The third-order valence-electron chi connectivity index (χ3n) is 8.50. The number of esters is 1. The molecule has 0 amide bonds. The Morgan fingerprint density at radius 3 is 2.58 bits per heavy atom. The lowest BCUT2D eigenvalue weighted by Crippen LogP contribution is -2.38. The van der Waals surface area contributed by atoms with Gasteiger partial charge in [-0.2, -0.15) is 4.39 Å². The maximum atomic E-state index is 14.0. The van der Waals surface area contributed by atoms with Gasteiger partial charge in [-0.3, -0.25) is 9.78 Å². The summed E-state index contributed by atoms with van der Waals surface area (Å²) in [7, 11) is 0. The molecule has 3 aromatic rings. The van der Waals surface area contributed by atoms with Crippen LogP contribution in [0.2, 0.25) is 0 Å². The summed E-state index contributed by atoms with van der Waals surface area (Å²) in [6.45, 7) is 14.3. The molecule has 8 heteroatoms. The number of pyridine rings is 1. The molecule has 1 unspecified atom stereocenters. The van der Waals surface area contributed by atoms with Crippen molar-refractivity contribution >= 4 is 11.7 Å². The molecule has 2 aliphatic rings. The minimum Gasteiger partial charge on any atom is -0.487 e. The van der Waals surface area contributed by atoms with E-state index in [2.05, 4.69) is 24.8 Å². The lowest BCUT2D eigenvalue weighted by Gasteiger charge is -2.40. The number of aryl methyl sites for hydroxylation is 3. The molecule has 0 spiro atoms. The van der Waals surface area contributed by atoms with Crippen molar-refractivity contribution < 1.29 is 27.8 Å². The molecule has 2 aromatic carbocycles. The maximum absolute atomic E-state index is 14.0. The van der Waals surface area contributed by atoms with Gasteiger partial charge >= 0.3 is 5.97 Å². The highest BCUT2D eigenvalue weighted by Gasteiger charge is 2.31. The molecule has 1 atom stereocenters. The normalized spacial score (nSPS) is 17.8. The zero-order valence-corrected chi connectivity index (χ0v) is 26.1. The van der Waals surface area contributed by atoms with Crippen LogP contribution in [0.15, 0.2) is 36.4 Å². The van der Waals surface area contributed by atoms with E-state index < -0.39 is 11.6 Å². The number of hydrogen-bond donors (Lipinski definition) is 0. The second-order valence-corrected chi connectivity index (χ2v) is 12.8. The standard InChI is InChI=1S/C35H42F2N2O4/c1-21(2)42-31(40)19-27-22(3)38-23(4)32(34(27)39-16-14-35(5,6)15-17-39)25-11-13-29-24(18-25)10-12-26(43-29)20-41-30-9-7-8-28(36)33(30)37/h7-9,11,13,18,21,26H,10,12,14-17,19-20H2,1-6H3. The number of carbonyl (C=O) groups is 1. The van der Waals surface area contributed by atoms with Crippen LogP contribution in [0.25, 0.3) is 11.1 Å². The first-order valence-corrected chi connectivity index (χ1v) is 15.2. The predicted octanol–water partition coefficient (Wildman–Crippen LogP) is 7.54. The van der Waals surface area contributed by atoms with Gasteiger partial charge in [0.1, 0.15) is 18.5 Å². The van der Waals surface area contributed by atoms with Gasteiger partial charge in [0.05, 0.1) is 18.2 Å². The molecular weight excluding hydrogens is 550 g/mol. The summed E-state index contributed by atoms with van der Waals surface area (Å²) in [6, 6.07) is 10.1. The third-order valence-corrected chi connectivity index (χ3v) is 8.50. The van der Waals surface area contributed by atoms with E-state index in [1.165, 1.54) is 12.1 Å². The maximum Gasteiger partial charge on any atom is 0.310 e. The first kappa shape index (κ1) is 30.8. The SMILES string of the molecule is Cc1nc(C)c(-c2ccc3c(c2)CCC(COc2cccc(F)c2F)O3)c(N2CCC(C)(C)CC2)c1CC(=O)OC(C)C. The molecule has 0 saturated carbocycles. The van der Waals surface area contributed by atoms with Crippen molar-refractivity contribution in [3.63, 3.8) is 0 Å². The summed E-state index contributed by atoms with van der Waals surface area (Å²) in [5, 5.41) is 0. The number of fused-ring (bicyclic) bond motifs is 1. The zero-order valence-electron chi connectivity index (χ0n) is 26.1. The minimum atomic E-state index is -0.990. The monoisotopic (exact) mass is 592 g/mol. The highest BCUT2D eigenvalue weighted by atomic mass is 19.2. The number of halogens is 2. The van der Waals surface area contributed by atoms with E-state index in [0.29, 0.717) is 6.42 Å². The molecule has 1 fully saturated rings. The Labute approximate surface area is 253 Å². The minimum absolute atomic E-state index is 0.117. The second-order valence-electron chi connectivity index (χ2n) is 12.8. The van der Waals surface area contributed by atoms with Crippen LogP contribution in [-0.2, 0) is 22.4 Å². The van der Waals surface area contributed by atoms with Crippen molar-refractivity contribution in [2.24, 2.45) is 5.41 Å². The molecule has 6 nitrogen and oxygen atoms in total. The molecule has 0 radical (unpaired) electrons. The fourth-order valence-corrected chi connectivity index (χ4v) is 6.06. The summed E-state index contributed by atoms with van der Waals surface area (Å²) >= 11 is 0. The van der Waals surface area contributed by atoms with Crippen molar-refractivity contribution in [1.29, 1.82) is 0 Å². The molecule has 1 aromatic heterocycles. The molecule has 230 valence electrons. The number of nitrogens with zero attached hydrogens (tertiary/aromatic N) is 2. The number of hydrogen-bond acceptors (Lipinski definition) is 6. The Kier molecular flexibility index (Phi) is 8.95. The average molecular weight is 593 g/mol. The van der Waals surface area contributed by atoms with E-state index in [9.17, 15) is 13.6 Å². The molecule has 2 aliphatic heterocycles. The number of rotatable bonds is 8. The zero-order chi connectivity index (χ0) is 30.9. The van der Waals surface area contributed by atoms with Crippen LogP contribution in [0, 0.1) is 30.9 Å². The van der Waals surface area contributed by atoms with Gasteiger partial charge in [0.25, 0.3) is 0 Å². The van der Waals surface area contributed by atoms with E-state index in [4.69, 9.17) is 19.2 Å². The fraction of sp³-hybridized carbons (Fsp3) is 0.486. The van der Waals surface area contributed by atoms with E-state index in [1.807, 2.05) is 39.8 Å². The van der Waals surface area contributed by atoms with Gasteiger partial charge < -0.3 is 19.1 Å². The highest BCUT2D eigenvalue weighted by molar-refractivity contribution is 5.87. The van der Waals surface area contributed by atoms with Crippen LogP contribution in [0.3, 0.4) is 0 Å². The topological polar surface area (TPSA) is 60.9 Å². The van der Waals surface area contributed by atoms with Crippen molar-refractivity contribution in [3.05, 3.63) is 70.5 Å². The molecule has 43 heavy (non-hydrogen) atoms. The summed E-state index contributed by atoms with van der Waals surface area (Å²) in [5.41, 5.74) is 7.16. The third kappa shape index (κ3) is 6.94. The van der Waals surface area contributed by atoms with Crippen molar-refractivity contribution in [1.82, 2.24) is 4.98 Å². The van der Waals surface area contributed by atoms with Crippen LogP contribution in [0.1, 0.15) is 69.5 Å². The van der Waals surface area contributed by atoms with Gasteiger partial charge in [-0.25, -0.2) is 4.39 Å². The number of ether oxygens (including phenoxy) is 3.